The molecule has 0 saturated carbocycles. The number of benzene rings is 2. The molecule has 2 aromatic rings. The number of thiocarbonyl (C=S) groups is 1. The second kappa shape index (κ2) is 8.47. The number of carbonyl (C=O) groups excluding carboxylic acids is 1. The lowest BCUT2D eigenvalue weighted by molar-refractivity contribution is 0.0977. The largest absolute Gasteiger partial charge is 0.492 e. The van der Waals surface area contributed by atoms with Crippen LogP contribution in [0, 0.1) is 3.57 Å². The van der Waals surface area contributed by atoms with Crippen molar-refractivity contribution in [2.75, 3.05) is 11.9 Å². The van der Waals surface area contributed by atoms with Crippen molar-refractivity contribution in [3.05, 3.63) is 56.6 Å². The number of ether oxygens (including phenoxy) is 1. The molecular formula is C16H14ClIN2O2S. The summed E-state index contributed by atoms with van der Waals surface area (Å²) < 4.78 is 6.35. The average molecular weight is 461 g/mol. The average Bonchev–Trinajstić information content (AvgIpc) is 2.51. The van der Waals surface area contributed by atoms with Gasteiger partial charge in [-0.3, -0.25) is 10.1 Å². The van der Waals surface area contributed by atoms with E-state index in [2.05, 4.69) is 33.2 Å². The molecule has 2 aromatic carbocycles. The maximum Gasteiger partial charge on any atom is 0.257 e. The SMILES string of the molecule is CCOc1ccc(C(=O)NC(=S)Nc2ccccc2I)cc1Cl. The highest BCUT2D eigenvalue weighted by atomic mass is 127. The Labute approximate surface area is 158 Å². The van der Waals surface area contributed by atoms with Gasteiger partial charge < -0.3 is 10.1 Å². The molecule has 0 saturated heterocycles. The van der Waals surface area contributed by atoms with Gasteiger partial charge in [0.1, 0.15) is 5.75 Å². The van der Waals surface area contributed by atoms with E-state index in [0.29, 0.717) is 22.9 Å². The van der Waals surface area contributed by atoms with Crippen LogP contribution in [-0.4, -0.2) is 17.6 Å². The van der Waals surface area contributed by atoms with Crippen LogP contribution in [0.2, 0.25) is 5.02 Å². The normalized spacial score (nSPS) is 10.0. The van der Waals surface area contributed by atoms with Gasteiger partial charge in [-0.15, -0.1) is 0 Å². The molecule has 0 unspecified atom stereocenters. The van der Waals surface area contributed by atoms with Crippen LogP contribution in [0.1, 0.15) is 17.3 Å². The molecule has 0 spiro atoms. The summed E-state index contributed by atoms with van der Waals surface area (Å²) in [5.74, 6) is 0.212. The summed E-state index contributed by atoms with van der Waals surface area (Å²) in [5.41, 5.74) is 1.24. The standard InChI is InChI=1S/C16H14ClIN2O2S/c1-2-22-14-8-7-10(9-11(14)17)15(21)20-16(23)19-13-6-4-3-5-12(13)18/h3-9H,2H2,1H3,(H2,19,20,21,23). The molecule has 2 N–H and O–H groups in total. The smallest absolute Gasteiger partial charge is 0.257 e. The van der Waals surface area contributed by atoms with Gasteiger partial charge in [-0.25, -0.2) is 0 Å². The zero-order chi connectivity index (χ0) is 16.8. The summed E-state index contributed by atoms with van der Waals surface area (Å²) in [4.78, 5) is 12.2. The third-order valence-electron chi connectivity index (χ3n) is 2.84. The first-order chi connectivity index (χ1) is 11.0. The van der Waals surface area contributed by atoms with Gasteiger partial charge in [-0.05, 0) is 72.1 Å². The molecule has 0 aliphatic heterocycles. The highest BCUT2D eigenvalue weighted by Gasteiger charge is 2.11. The third-order valence-corrected chi connectivity index (χ3v) is 4.28. The molecule has 0 aliphatic rings. The van der Waals surface area contributed by atoms with Gasteiger partial charge in [0, 0.05) is 9.13 Å². The van der Waals surface area contributed by atoms with Gasteiger partial charge in [0.05, 0.1) is 17.3 Å². The van der Waals surface area contributed by atoms with Gasteiger partial charge >= 0.3 is 0 Å². The van der Waals surface area contributed by atoms with E-state index in [0.717, 1.165) is 9.26 Å². The van der Waals surface area contributed by atoms with Crippen LogP contribution in [0.3, 0.4) is 0 Å². The van der Waals surface area contributed by atoms with Crippen LogP contribution >= 0.6 is 46.4 Å². The van der Waals surface area contributed by atoms with Crippen LogP contribution < -0.4 is 15.4 Å². The molecule has 2 rings (SSSR count). The predicted molar refractivity (Wildman–Crippen MR) is 105 cm³/mol. The third kappa shape index (κ3) is 5.05. The molecule has 23 heavy (non-hydrogen) atoms. The maximum atomic E-state index is 12.2. The summed E-state index contributed by atoms with van der Waals surface area (Å²) >= 11 is 13.4. The number of carbonyl (C=O) groups is 1. The number of anilines is 1. The van der Waals surface area contributed by atoms with Crippen LogP contribution in [-0.2, 0) is 0 Å². The fourth-order valence-electron chi connectivity index (χ4n) is 1.81. The van der Waals surface area contributed by atoms with Crippen molar-refractivity contribution in [3.63, 3.8) is 0 Å². The number of nitrogens with one attached hydrogen (secondary N) is 2. The minimum Gasteiger partial charge on any atom is -0.492 e. The van der Waals surface area contributed by atoms with Gasteiger partial charge in [0.2, 0.25) is 0 Å². The molecular weight excluding hydrogens is 447 g/mol. The highest BCUT2D eigenvalue weighted by Crippen LogP contribution is 2.25. The Morgan fingerprint density at radius 1 is 1.30 bits per heavy atom. The molecule has 7 heteroatoms. The minimum absolute atomic E-state index is 0.226. The lowest BCUT2D eigenvalue weighted by Gasteiger charge is -2.12. The first-order valence-corrected chi connectivity index (χ1v) is 8.67. The van der Waals surface area contributed by atoms with Gasteiger partial charge in [-0.1, -0.05) is 23.7 Å². The summed E-state index contributed by atoms with van der Waals surface area (Å²) in [7, 11) is 0. The van der Waals surface area contributed by atoms with E-state index in [1.165, 1.54) is 0 Å². The molecule has 4 nitrogen and oxygen atoms in total. The predicted octanol–water partition coefficient (Wildman–Crippen LogP) is 4.47. The van der Waals surface area contributed by atoms with E-state index in [9.17, 15) is 4.79 Å². The van der Waals surface area contributed by atoms with E-state index in [4.69, 9.17) is 28.6 Å². The van der Waals surface area contributed by atoms with Crippen molar-refractivity contribution in [1.82, 2.24) is 5.32 Å². The molecule has 0 fully saturated rings. The van der Waals surface area contributed by atoms with E-state index in [-0.39, 0.29) is 11.0 Å². The topological polar surface area (TPSA) is 50.4 Å². The van der Waals surface area contributed by atoms with Gasteiger partial charge in [0.25, 0.3) is 5.91 Å². The Morgan fingerprint density at radius 3 is 2.70 bits per heavy atom. The summed E-state index contributed by atoms with van der Waals surface area (Å²) in [6, 6.07) is 12.5. The van der Waals surface area contributed by atoms with E-state index in [1.807, 2.05) is 31.2 Å². The molecule has 0 aromatic heterocycles. The maximum absolute atomic E-state index is 12.2. The number of rotatable bonds is 4. The van der Waals surface area contributed by atoms with Crippen molar-refractivity contribution < 1.29 is 9.53 Å². The Hall–Kier alpha value is -1.38. The first kappa shape index (κ1) is 18.0. The Bertz CT molecular complexity index is 740. The lowest BCUT2D eigenvalue weighted by Crippen LogP contribution is -2.34. The minimum atomic E-state index is -0.335. The summed E-state index contributed by atoms with van der Waals surface area (Å²) in [6.45, 7) is 2.38. The molecule has 0 bridgehead atoms. The molecule has 0 radical (unpaired) electrons. The van der Waals surface area contributed by atoms with Crippen LogP contribution in [0.5, 0.6) is 5.75 Å². The molecule has 0 atom stereocenters. The lowest BCUT2D eigenvalue weighted by atomic mass is 10.2. The molecule has 0 aliphatic carbocycles. The Balaban J connectivity index is 2.02. The van der Waals surface area contributed by atoms with Crippen molar-refractivity contribution in [1.29, 1.82) is 0 Å². The zero-order valence-corrected chi connectivity index (χ0v) is 16.0. The molecule has 1 amide bonds. The number of hydrogen-bond acceptors (Lipinski definition) is 3. The van der Waals surface area contributed by atoms with E-state index < -0.39 is 0 Å². The van der Waals surface area contributed by atoms with Crippen molar-refractivity contribution in [3.8, 4) is 5.75 Å². The molecule has 120 valence electrons. The second-order valence-corrected chi connectivity index (χ2v) is 6.44. The Morgan fingerprint density at radius 2 is 2.04 bits per heavy atom. The number of halogens is 2. The van der Waals surface area contributed by atoms with Crippen molar-refractivity contribution in [2.24, 2.45) is 0 Å². The molecule has 0 heterocycles. The number of hydrogen-bond donors (Lipinski definition) is 2. The Kier molecular flexibility index (Phi) is 6.61. The zero-order valence-electron chi connectivity index (χ0n) is 12.2. The van der Waals surface area contributed by atoms with Crippen molar-refractivity contribution >= 4 is 63.1 Å². The first-order valence-electron chi connectivity index (χ1n) is 6.80. The van der Waals surface area contributed by atoms with Gasteiger partial charge in [-0.2, -0.15) is 0 Å². The fraction of sp³-hybridized carbons (Fsp3) is 0.125. The van der Waals surface area contributed by atoms with Crippen LogP contribution in [0.4, 0.5) is 5.69 Å². The van der Waals surface area contributed by atoms with E-state index >= 15 is 0 Å². The van der Waals surface area contributed by atoms with Gasteiger partial charge in [0.15, 0.2) is 5.11 Å². The number of amides is 1. The van der Waals surface area contributed by atoms with Crippen molar-refractivity contribution in [2.45, 2.75) is 6.92 Å². The quantitative estimate of drug-likeness (QED) is 0.522. The summed E-state index contributed by atoms with van der Waals surface area (Å²) in [5, 5.41) is 6.23. The number of para-hydroxylation sites is 1. The monoisotopic (exact) mass is 460 g/mol. The van der Waals surface area contributed by atoms with E-state index in [1.54, 1.807) is 18.2 Å². The van der Waals surface area contributed by atoms with Crippen LogP contribution in [0.25, 0.3) is 0 Å². The fourth-order valence-corrected chi connectivity index (χ4v) is 2.77. The second-order valence-electron chi connectivity index (χ2n) is 4.47. The highest BCUT2D eigenvalue weighted by molar-refractivity contribution is 14.1. The summed E-state index contributed by atoms with van der Waals surface area (Å²) in [6.07, 6.45) is 0. The van der Waals surface area contributed by atoms with Crippen LogP contribution in [0.15, 0.2) is 42.5 Å².